The lowest BCUT2D eigenvalue weighted by atomic mass is 10.1. The summed E-state index contributed by atoms with van der Waals surface area (Å²) in [6.45, 7) is 5.02. The second-order valence-electron chi connectivity index (χ2n) is 6.15. The molecule has 2 aromatic rings. The zero-order chi connectivity index (χ0) is 17.5. The molecule has 134 valence electrons. The fourth-order valence-corrected chi connectivity index (χ4v) is 2.71. The number of benzene rings is 1. The van der Waals surface area contributed by atoms with Crippen molar-refractivity contribution in [3.63, 3.8) is 0 Å². The predicted molar refractivity (Wildman–Crippen MR) is 97.0 cm³/mol. The Kier molecular flexibility index (Phi) is 5.77. The minimum Gasteiger partial charge on any atom is -0.454 e. The van der Waals surface area contributed by atoms with Crippen LogP contribution in [0.1, 0.15) is 12.5 Å². The topological polar surface area (TPSA) is 72.7 Å². The van der Waals surface area contributed by atoms with Crippen LogP contribution in [0.4, 0.5) is 0 Å². The number of hydrogen-bond donors (Lipinski definition) is 2. The van der Waals surface area contributed by atoms with E-state index in [0.717, 1.165) is 43.5 Å². The van der Waals surface area contributed by atoms with E-state index in [1.165, 1.54) is 5.56 Å². The minimum atomic E-state index is 0.310. The molecule has 0 fully saturated rings. The van der Waals surface area contributed by atoms with Crippen LogP contribution in [0.2, 0.25) is 0 Å². The highest BCUT2D eigenvalue weighted by molar-refractivity contribution is 5.79. The molecular formula is C18H25N5O2. The lowest BCUT2D eigenvalue weighted by Crippen LogP contribution is -2.40. The van der Waals surface area contributed by atoms with Crippen LogP contribution >= 0.6 is 0 Å². The molecule has 1 unspecified atom stereocenters. The van der Waals surface area contributed by atoms with Crippen LogP contribution in [-0.2, 0) is 13.0 Å². The van der Waals surface area contributed by atoms with Crippen molar-refractivity contribution in [1.82, 2.24) is 20.4 Å². The maximum absolute atomic E-state index is 5.41. The van der Waals surface area contributed by atoms with E-state index in [0.29, 0.717) is 12.7 Å². The van der Waals surface area contributed by atoms with Gasteiger partial charge in [0.05, 0.1) is 0 Å². The molecule has 0 saturated carbocycles. The van der Waals surface area contributed by atoms with Crippen molar-refractivity contribution in [1.29, 1.82) is 0 Å². The summed E-state index contributed by atoms with van der Waals surface area (Å²) in [4.78, 5) is 4.27. The average molecular weight is 343 g/mol. The van der Waals surface area contributed by atoms with Gasteiger partial charge in [-0.25, -0.2) is 0 Å². The highest BCUT2D eigenvalue weighted by Crippen LogP contribution is 2.32. The Hall–Kier alpha value is -2.70. The third kappa shape index (κ3) is 4.89. The third-order valence-corrected chi connectivity index (χ3v) is 4.04. The van der Waals surface area contributed by atoms with E-state index in [1.807, 2.05) is 29.1 Å². The van der Waals surface area contributed by atoms with Crippen molar-refractivity contribution in [3.8, 4) is 11.5 Å². The fraction of sp³-hybridized carbons (Fsp3) is 0.444. The van der Waals surface area contributed by atoms with Crippen molar-refractivity contribution in [2.45, 2.75) is 19.9 Å². The molecule has 3 rings (SSSR count). The van der Waals surface area contributed by atoms with Gasteiger partial charge in [0.1, 0.15) is 0 Å². The molecule has 7 nitrogen and oxygen atoms in total. The van der Waals surface area contributed by atoms with Crippen molar-refractivity contribution in [3.05, 3.63) is 42.2 Å². The molecular weight excluding hydrogens is 318 g/mol. The summed E-state index contributed by atoms with van der Waals surface area (Å²) in [5.41, 5.74) is 1.21. The second kappa shape index (κ2) is 8.41. The molecule has 0 spiro atoms. The van der Waals surface area contributed by atoms with Gasteiger partial charge < -0.3 is 20.1 Å². The number of guanidine groups is 1. The molecule has 25 heavy (non-hydrogen) atoms. The Morgan fingerprint density at radius 2 is 2.20 bits per heavy atom. The summed E-state index contributed by atoms with van der Waals surface area (Å²) in [5, 5.41) is 10.9. The number of nitrogens with one attached hydrogen (secondary N) is 2. The quantitative estimate of drug-likeness (QED) is 0.591. The monoisotopic (exact) mass is 343 g/mol. The number of nitrogens with zero attached hydrogens (tertiary/aromatic N) is 3. The van der Waals surface area contributed by atoms with E-state index in [-0.39, 0.29) is 0 Å². The van der Waals surface area contributed by atoms with Crippen LogP contribution < -0.4 is 20.1 Å². The first-order valence-corrected chi connectivity index (χ1v) is 8.55. The molecule has 0 aliphatic carbocycles. The Balaban J connectivity index is 1.39. The normalized spacial score (nSPS) is 14.4. The molecule has 7 heteroatoms. The summed E-state index contributed by atoms with van der Waals surface area (Å²) >= 11 is 0. The molecule has 1 aliphatic heterocycles. The zero-order valence-electron chi connectivity index (χ0n) is 14.7. The molecule has 1 aliphatic rings. The first-order chi connectivity index (χ1) is 12.2. The molecule has 2 heterocycles. The predicted octanol–water partition coefficient (Wildman–Crippen LogP) is 1.66. The lowest BCUT2D eigenvalue weighted by molar-refractivity contribution is 0.174. The summed E-state index contributed by atoms with van der Waals surface area (Å²) in [6, 6.07) is 8.00. The van der Waals surface area contributed by atoms with E-state index in [2.05, 4.69) is 33.7 Å². The molecule has 1 aromatic carbocycles. The van der Waals surface area contributed by atoms with Crippen LogP contribution in [0.25, 0.3) is 0 Å². The van der Waals surface area contributed by atoms with Gasteiger partial charge in [-0.2, -0.15) is 5.10 Å². The average Bonchev–Trinajstić information content (AvgIpc) is 3.28. The van der Waals surface area contributed by atoms with E-state index >= 15 is 0 Å². The SMILES string of the molecule is CN=C(NCCc1ccc2c(c1)OCO2)NCC(C)Cn1cccn1. The summed E-state index contributed by atoms with van der Waals surface area (Å²) in [7, 11) is 1.79. The van der Waals surface area contributed by atoms with Crippen LogP contribution in [0.5, 0.6) is 11.5 Å². The number of rotatable bonds is 7. The van der Waals surface area contributed by atoms with Crippen molar-refractivity contribution in [2.24, 2.45) is 10.9 Å². The Morgan fingerprint density at radius 1 is 1.32 bits per heavy atom. The summed E-state index contributed by atoms with van der Waals surface area (Å²) < 4.78 is 12.7. The Morgan fingerprint density at radius 3 is 3.00 bits per heavy atom. The smallest absolute Gasteiger partial charge is 0.231 e. The van der Waals surface area contributed by atoms with Gasteiger partial charge in [0, 0.05) is 39.1 Å². The van der Waals surface area contributed by atoms with Crippen molar-refractivity contribution < 1.29 is 9.47 Å². The highest BCUT2D eigenvalue weighted by Gasteiger charge is 2.13. The molecule has 0 saturated heterocycles. The third-order valence-electron chi connectivity index (χ3n) is 4.04. The van der Waals surface area contributed by atoms with Crippen LogP contribution in [-0.4, -0.2) is 42.7 Å². The zero-order valence-corrected chi connectivity index (χ0v) is 14.7. The molecule has 0 amide bonds. The van der Waals surface area contributed by atoms with E-state index in [1.54, 1.807) is 13.2 Å². The molecule has 0 bridgehead atoms. The standard InChI is InChI=1S/C18H25N5O2/c1-14(12-23-9-3-7-22-23)11-21-18(19-2)20-8-6-15-4-5-16-17(10-15)25-13-24-16/h3-5,7,9-10,14H,6,8,11-13H2,1-2H3,(H2,19,20,21). The molecule has 0 radical (unpaired) electrons. The largest absolute Gasteiger partial charge is 0.454 e. The fourth-order valence-electron chi connectivity index (χ4n) is 2.71. The van der Waals surface area contributed by atoms with Crippen LogP contribution in [0, 0.1) is 5.92 Å². The van der Waals surface area contributed by atoms with E-state index in [4.69, 9.17) is 9.47 Å². The summed E-state index contributed by atoms with van der Waals surface area (Å²) in [5.74, 6) is 2.91. The maximum Gasteiger partial charge on any atom is 0.231 e. The second-order valence-corrected chi connectivity index (χ2v) is 6.15. The first kappa shape index (κ1) is 17.1. The number of aliphatic imine (C=N–C) groups is 1. The highest BCUT2D eigenvalue weighted by atomic mass is 16.7. The Labute approximate surface area is 148 Å². The lowest BCUT2D eigenvalue weighted by Gasteiger charge is -2.16. The van der Waals surface area contributed by atoms with Gasteiger partial charge in [-0.1, -0.05) is 13.0 Å². The number of aromatic nitrogens is 2. The van der Waals surface area contributed by atoms with Crippen LogP contribution in [0.3, 0.4) is 0 Å². The molecule has 1 atom stereocenters. The number of fused-ring (bicyclic) bond motifs is 1. The van der Waals surface area contributed by atoms with Gasteiger partial charge in [0.25, 0.3) is 0 Å². The van der Waals surface area contributed by atoms with Gasteiger partial charge in [0.2, 0.25) is 6.79 Å². The van der Waals surface area contributed by atoms with E-state index < -0.39 is 0 Å². The van der Waals surface area contributed by atoms with Gasteiger partial charge in [-0.15, -0.1) is 0 Å². The van der Waals surface area contributed by atoms with Crippen molar-refractivity contribution >= 4 is 5.96 Å². The van der Waals surface area contributed by atoms with E-state index in [9.17, 15) is 0 Å². The van der Waals surface area contributed by atoms with Gasteiger partial charge >= 0.3 is 0 Å². The first-order valence-electron chi connectivity index (χ1n) is 8.55. The summed E-state index contributed by atoms with van der Waals surface area (Å²) in [6.07, 6.45) is 4.67. The molecule has 1 aromatic heterocycles. The van der Waals surface area contributed by atoms with Gasteiger partial charge in [0.15, 0.2) is 17.5 Å². The van der Waals surface area contributed by atoms with Gasteiger partial charge in [-0.3, -0.25) is 9.67 Å². The maximum atomic E-state index is 5.41. The van der Waals surface area contributed by atoms with Gasteiger partial charge in [-0.05, 0) is 36.1 Å². The minimum absolute atomic E-state index is 0.310. The number of ether oxygens (including phenoxy) is 2. The van der Waals surface area contributed by atoms with Crippen LogP contribution in [0.15, 0.2) is 41.7 Å². The number of hydrogen-bond acceptors (Lipinski definition) is 4. The van der Waals surface area contributed by atoms with Crippen molar-refractivity contribution in [2.75, 3.05) is 26.9 Å². The Bertz CT molecular complexity index is 699. The molecule has 2 N–H and O–H groups in total.